The largest absolute Gasteiger partial charge is 0.506 e. The molecule has 0 aliphatic carbocycles. The molecule has 0 atom stereocenters. The average Bonchev–Trinajstić information content (AvgIpc) is 2.65. The van der Waals surface area contributed by atoms with Gasteiger partial charge in [-0.2, -0.15) is 5.10 Å². The van der Waals surface area contributed by atoms with Crippen LogP contribution in [0.2, 0.25) is 0 Å². The van der Waals surface area contributed by atoms with Crippen LogP contribution in [0.3, 0.4) is 0 Å². The standard InChI is InChI=1S/C5H5N3O.C4H3NO2/c6-5(9)4-2-1-3-7-8-4;6-3-1-4(7)5-2-3/h1-3H,(H2,6,9);1-2,6H. The van der Waals surface area contributed by atoms with E-state index in [1.165, 1.54) is 12.3 Å². The van der Waals surface area contributed by atoms with Crippen LogP contribution in [-0.4, -0.2) is 33.3 Å². The quantitative estimate of drug-likeness (QED) is 0.668. The molecule has 2 heterocycles. The molecular formula is C9H8N4O3. The van der Waals surface area contributed by atoms with E-state index < -0.39 is 11.8 Å². The highest BCUT2D eigenvalue weighted by Gasteiger charge is 2.01. The van der Waals surface area contributed by atoms with Gasteiger partial charge in [0.25, 0.3) is 11.8 Å². The molecule has 1 aromatic heterocycles. The molecule has 0 spiro atoms. The molecule has 3 N–H and O–H groups in total. The van der Waals surface area contributed by atoms with Crippen molar-refractivity contribution in [2.45, 2.75) is 0 Å². The Morgan fingerprint density at radius 2 is 2.19 bits per heavy atom. The molecule has 0 radical (unpaired) electrons. The number of hydrogen-bond acceptors (Lipinski definition) is 5. The average molecular weight is 220 g/mol. The van der Waals surface area contributed by atoms with Gasteiger partial charge in [-0.1, -0.05) is 0 Å². The molecule has 0 saturated carbocycles. The van der Waals surface area contributed by atoms with E-state index >= 15 is 0 Å². The lowest BCUT2D eigenvalue weighted by Crippen LogP contribution is -2.12. The van der Waals surface area contributed by atoms with E-state index in [0.29, 0.717) is 0 Å². The number of nitrogens with zero attached hydrogens (tertiary/aromatic N) is 3. The number of carbonyl (C=O) groups excluding carboxylic acids is 2. The zero-order valence-electron chi connectivity index (χ0n) is 8.07. The van der Waals surface area contributed by atoms with Crippen molar-refractivity contribution in [1.82, 2.24) is 10.2 Å². The summed E-state index contributed by atoms with van der Waals surface area (Å²) < 4.78 is 0. The van der Waals surface area contributed by atoms with E-state index in [0.717, 1.165) is 12.3 Å². The van der Waals surface area contributed by atoms with E-state index in [1.54, 1.807) is 6.07 Å². The molecule has 0 unspecified atom stereocenters. The Labute approximate surface area is 90.3 Å². The van der Waals surface area contributed by atoms with Gasteiger partial charge in [0.2, 0.25) is 0 Å². The van der Waals surface area contributed by atoms with Crippen LogP contribution >= 0.6 is 0 Å². The topological polar surface area (TPSA) is 119 Å². The van der Waals surface area contributed by atoms with Gasteiger partial charge in [-0.25, -0.2) is 4.99 Å². The summed E-state index contributed by atoms with van der Waals surface area (Å²) in [4.78, 5) is 23.6. The summed E-state index contributed by atoms with van der Waals surface area (Å²) in [5.74, 6) is -1.01. The fourth-order valence-corrected chi connectivity index (χ4v) is 0.764. The Morgan fingerprint density at radius 3 is 2.44 bits per heavy atom. The van der Waals surface area contributed by atoms with E-state index in [1.807, 2.05) is 0 Å². The van der Waals surface area contributed by atoms with Crippen LogP contribution in [0.25, 0.3) is 0 Å². The first-order chi connectivity index (χ1) is 7.59. The van der Waals surface area contributed by atoms with Gasteiger partial charge in [0.05, 0.1) is 6.21 Å². The fraction of sp³-hybridized carbons (Fsp3) is 0. The van der Waals surface area contributed by atoms with E-state index in [-0.39, 0.29) is 11.5 Å². The first-order valence-electron chi connectivity index (χ1n) is 4.16. The third kappa shape index (κ3) is 3.66. The number of aliphatic hydroxyl groups excluding tert-OH is 1. The van der Waals surface area contributed by atoms with Gasteiger partial charge in [-0.15, -0.1) is 5.10 Å². The molecule has 1 aromatic rings. The molecule has 1 aliphatic heterocycles. The number of nitrogens with two attached hydrogens (primary N) is 1. The highest BCUT2D eigenvalue weighted by molar-refractivity contribution is 6.05. The minimum absolute atomic E-state index is 0.0648. The minimum atomic E-state index is -0.553. The molecule has 2 rings (SSSR count). The number of hydrogen-bond donors (Lipinski definition) is 2. The smallest absolute Gasteiger partial charge is 0.273 e. The molecule has 82 valence electrons. The van der Waals surface area contributed by atoms with Crippen LogP contribution in [0.4, 0.5) is 0 Å². The van der Waals surface area contributed by atoms with Crippen molar-refractivity contribution in [3.8, 4) is 0 Å². The van der Waals surface area contributed by atoms with Crippen molar-refractivity contribution in [1.29, 1.82) is 0 Å². The third-order valence-electron chi connectivity index (χ3n) is 1.42. The summed E-state index contributed by atoms with van der Waals surface area (Å²) in [7, 11) is 0. The van der Waals surface area contributed by atoms with Gasteiger partial charge in [-0.05, 0) is 12.1 Å². The van der Waals surface area contributed by atoms with Gasteiger partial charge < -0.3 is 10.8 Å². The SMILES string of the molecule is NC(=O)c1cccnn1.O=C1C=C(O)C=N1. The van der Waals surface area contributed by atoms with Gasteiger partial charge in [0.1, 0.15) is 5.76 Å². The van der Waals surface area contributed by atoms with Gasteiger partial charge in [0.15, 0.2) is 5.69 Å². The minimum Gasteiger partial charge on any atom is -0.506 e. The molecular weight excluding hydrogens is 212 g/mol. The Morgan fingerprint density at radius 1 is 1.44 bits per heavy atom. The molecule has 7 heteroatoms. The summed E-state index contributed by atoms with van der Waals surface area (Å²) in [6.07, 6.45) is 3.65. The highest BCUT2D eigenvalue weighted by atomic mass is 16.3. The van der Waals surface area contributed by atoms with Gasteiger partial charge >= 0.3 is 0 Å². The Balaban J connectivity index is 0.000000165. The van der Waals surface area contributed by atoms with Crippen molar-refractivity contribution in [2.24, 2.45) is 10.7 Å². The molecule has 16 heavy (non-hydrogen) atoms. The van der Waals surface area contributed by atoms with E-state index in [9.17, 15) is 9.59 Å². The predicted octanol–water partition coefficient (Wildman–Crippen LogP) is -0.385. The number of primary amides is 1. The maximum Gasteiger partial charge on any atom is 0.273 e. The fourth-order valence-electron chi connectivity index (χ4n) is 0.764. The highest BCUT2D eigenvalue weighted by Crippen LogP contribution is 1.93. The maximum absolute atomic E-state index is 10.3. The molecule has 2 amide bonds. The monoisotopic (exact) mass is 220 g/mol. The van der Waals surface area contributed by atoms with Crippen LogP contribution in [0.1, 0.15) is 10.5 Å². The van der Waals surface area contributed by atoms with Crippen molar-refractivity contribution in [2.75, 3.05) is 0 Å². The first-order valence-corrected chi connectivity index (χ1v) is 4.16. The number of carbonyl (C=O) groups is 2. The maximum atomic E-state index is 10.3. The van der Waals surface area contributed by atoms with Crippen LogP contribution in [0.15, 0.2) is 35.2 Å². The second-order valence-corrected chi connectivity index (χ2v) is 2.64. The number of aliphatic imine (C=N–C) groups is 1. The lowest BCUT2D eigenvalue weighted by molar-refractivity contribution is -0.113. The number of amides is 2. The van der Waals surface area contributed by atoms with E-state index in [2.05, 4.69) is 15.2 Å². The van der Waals surface area contributed by atoms with Crippen LogP contribution in [-0.2, 0) is 4.79 Å². The lowest BCUT2D eigenvalue weighted by Gasteiger charge is -1.87. The van der Waals surface area contributed by atoms with Gasteiger partial charge in [0, 0.05) is 12.3 Å². The van der Waals surface area contributed by atoms with Crippen LogP contribution in [0.5, 0.6) is 0 Å². The number of aromatic nitrogens is 2. The number of allylic oxidation sites excluding steroid dienone is 1. The van der Waals surface area contributed by atoms with Gasteiger partial charge in [-0.3, -0.25) is 9.59 Å². The van der Waals surface area contributed by atoms with Crippen molar-refractivity contribution in [3.05, 3.63) is 35.9 Å². The Hall–Kier alpha value is -2.57. The van der Waals surface area contributed by atoms with Crippen molar-refractivity contribution in [3.63, 3.8) is 0 Å². The molecule has 1 aliphatic rings. The Bertz CT molecular complexity index is 453. The first kappa shape index (κ1) is 11.5. The second-order valence-electron chi connectivity index (χ2n) is 2.64. The molecule has 0 saturated heterocycles. The second kappa shape index (κ2) is 5.35. The summed E-state index contributed by atoms with van der Waals surface area (Å²) in [5.41, 5.74) is 5.06. The normalized spacial score (nSPS) is 12.8. The zero-order chi connectivity index (χ0) is 12.0. The van der Waals surface area contributed by atoms with E-state index in [4.69, 9.17) is 10.8 Å². The molecule has 0 aromatic carbocycles. The summed E-state index contributed by atoms with van der Waals surface area (Å²) in [5, 5.41) is 15.3. The van der Waals surface area contributed by atoms with Crippen LogP contribution < -0.4 is 5.73 Å². The predicted molar refractivity (Wildman–Crippen MR) is 54.8 cm³/mol. The Kier molecular flexibility index (Phi) is 3.84. The summed E-state index contributed by atoms with van der Waals surface area (Å²) in [6, 6.07) is 3.11. The summed E-state index contributed by atoms with van der Waals surface area (Å²) >= 11 is 0. The van der Waals surface area contributed by atoms with Crippen LogP contribution in [0, 0.1) is 0 Å². The lowest BCUT2D eigenvalue weighted by atomic mass is 10.4. The number of rotatable bonds is 1. The zero-order valence-corrected chi connectivity index (χ0v) is 8.07. The summed E-state index contributed by atoms with van der Waals surface area (Å²) in [6.45, 7) is 0. The molecule has 7 nitrogen and oxygen atoms in total. The van der Waals surface area contributed by atoms with Crippen molar-refractivity contribution >= 4 is 18.0 Å². The molecule has 0 fully saturated rings. The third-order valence-corrected chi connectivity index (χ3v) is 1.42. The number of aliphatic hydroxyl groups is 1. The molecule has 0 bridgehead atoms. The van der Waals surface area contributed by atoms with Crippen molar-refractivity contribution < 1.29 is 14.7 Å².